The molecule has 0 aliphatic carbocycles. The quantitative estimate of drug-likeness (QED) is 0.0165. The van der Waals surface area contributed by atoms with E-state index in [4.69, 9.17) is 37.9 Å². The van der Waals surface area contributed by atoms with Crippen LogP contribution >= 0.6 is 23.5 Å². The first-order valence-corrected chi connectivity index (χ1v) is 41.8. The van der Waals surface area contributed by atoms with Crippen LogP contribution in [0.1, 0.15) is 62.0 Å². The first-order chi connectivity index (χ1) is 55.2. The van der Waals surface area contributed by atoms with Gasteiger partial charge in [-0.2, -0.15) is 38.7 Å². The van der Waals surface area contributed by atoms with Crippen molar-refractivity contribution < 1.29 is 21.6 Å². The largest absolute Gasteiger partial charge is 0.490 e. The molecule has 0 amide bonds. The number of rotatable bonds is 25. The number of nitrogens with zero attached hydrogens (tertiary/aromatic N) is 19. The van der Waals surface area contributed by atoms with Gasteiger partial charge in [0.2, 0.25) is 73.5 Å². The van der Waals surface area contributed by atoms with Gasteiger partial charge < -0.3 is 75.1 Å². The van der Waals surface area contributed by atoms with Crippen LogP contribution in [0.25, 0.3) is 23.3 Å². The number of ether oxygens (including phenoxy) is 1. The summed E-state index contributed by atoms with van der Waals surface area (Å²) < 4.78 is 56.9. The monoisotopic (exact) mass is 1620 g/mol. The van der Waals surface area contributed by atoms with Crippen LogP contribution in [0.15, 0.2) is 178 Å². The number of nitrogens with two attached hydrogens (primary N) is 6. The topological polar surface area (TPSA) is 533 Å². The number of sulfonamides is 2. The summed E-state index contributed by atoms with van der Waals surface area (Å²) in [4.78, 5) is 45.7. The summed E-state index contributed by atoms with van der Waals surface area (Å²) >= 11 is 3.03. The van der Waals surface area contributed by atoms with Crippen LogP contribution in [0.3, 0.4) is 0 Å². The van der Waals surface area contributed by atoms with Crippen LogP contribution in [0.2, 0.25) is 0 Å². The summed E-state index contributed by atoms with van der Waals surface area (Å²) in [6.07, 6.45) is 16.4. The number of methoxy groups -OCH3 is 1. The van der Waals surface area contributed by atoms with Crippen molar-refractivity contribution in [2.75, 3.05) is 122 Å². The highest BCUT2D eigenvalue weighted by Crippen LogP contribution is 2.37. The van der Waals surface area contributed by atoms with Gasteiger partial charge in [-0.25, -0.2) is 57.0 Å². The molecule has 12 aromatic rings. The van der Waals surface area contributed by atoms with Gasteiger partial charge in [-0.3, -0.25) is 0 Å². The predicted octanol–water partition coefficient (Wildman–Crippen LogP) is 6.49. The normalized spacial score (nSPS) is 16.2. The molecule has 8 aromatic heterocycles. The minimum absolute atomic E-state index is 0.00395. The molecule has 114 heavy (non-hydrogen) atoms. The summed E-state index contributed by atoms with van der Waals surface area (Å²) in [5, 5.41) is 55.2. The molecule has 20 N–H and O–H groups in total. The molecule has 4 saturated heterocycles. The number of nitrogens with one attached hydrogen (secondary N) is 8. The molecular formula is C72H89N33O5S4. The van der Waals surface area contributed by atoms with Gasteiger partial charge in [0.1, 0.15) is 17.2 Å². The maximum Gasteiger partial charge on any atom is 0.248 e. The molecule has 0 spiro atoms. The lowest BCUT2D eigenvalue weighted by atomic mass is 9.98. The maximum absolute atomic E-state index is 11.4. The molecule has 42 heteroatoms. The van der Waals surface area contributed by atoms with Crippen molar-refractivity contribution in [2.45, 2.75) is 88.5 Å². The van der Waals surface area contributed by atoms with Gasteiger partial charge >= 0.3 is 0 Å². The Balaban J connectivity index is 0.000000133. The van der Waals surface area contributed by atoms with Gasteiger partial charge in [0.25, 0.3) is 0 Å². The zero-order valence-electron chi connectivity index (χ0n) is 62.4. The van der Waals surface area contributed by atoms with Gasteiger partial charge in [-0.15, -0.1) is 20.4 Å². The SMILES string of the molecule is COc1c(S[C@H]2CCNC2)ncnc1-n1nc(Nc2ccc(S(N)(=O)=O)cc2)nc1N.CSc1nc(NC2CCNC2)cc(-n2nc(Nc3ccc(S(N)(=O)=O)cc3)nc2N)n1.Nc1nc(Nc2ccc(C3CCNC3)cc2)nn1-c1ccccn1.Nc1nc(Nc2ccc(CCCN3CCCCC3)cc2)nn1-c1ccccn1. The van der Waals surface area contributed by atoms with Gasteiger partial charge in [-0.1, -0.05) is 66.3 Å². The molecule has 596 valence electrons. The molecule has 4 aliphatic heterocycles. The van der Waals surface area contributed by atoms with Crippen LogP contribution in [0, 0.1) is 0 Å². The van der Waals surface area contributed by atoms with Crippen molar-refractivity contribution in [3.8, 4) is 29.0 Å². The Morgan fingerprint density at radius 1 is 0.526 bits per heavy atom. The second kappa shape index (κ2) is 37.7. The van der Waals surface area contributed by atoms with Gasteiger partial charge in [-0.05, 0) is 205 Å². The van der Waals surface area contributed by atoms with Crippen LogP contribution < -0.4 is 80.5 Å². The summed E-state index contributed by atoms with van der Waals surface area (Å²) in [6, 6.07) is 41.8. The molecule has 4 aliphatic rings. The maximum atomic E-state index is 11.4. The molecule has 16 rings (SSSR count). The molecule has 0 radical (unpaired) electrons. The highest BCUT2D eigenvalue weighted by Gasteiger charge is 2.26. The fourth-order valence-corrected chi connectivity index (χ4v) is 15.2. The Hall–Kier alpha value is -11.7. The first kappa shape index (κ1) is 80.3. The Bertz CT molecular complexity index is 5350. The van der Waals surface area contributed by atoms with E-state index in [2.05, 4.69) is 154 Å². The van der Waals surface area contributed by atoms with E-state index in [1.807, 2.05) is 54.8 Å². The number of nitrogen functional groups attached to an aromatic ring is 4. The average Bonchev–Trinajstić information content (AvgIpc) is 1.66. The summed E-state index contributed by atoms with van der Waals surface area (Å²) in [7, 11) is -5.99. The zero-order chi connectivity index (χ0) is 79.6. The highest BCUT2D eigenvalue weighted by atomic mass is 32.2. The van der Waals surface area contributed by atoms with E-state index in [1.54, 1.807) is 61.6 Å². The summed E-state index contributed by atoms with van der Waals surface area (Å²) in [5.41, 5.74) is 29.8. The Labute approximate surface area is 666 Å². The van der Waals surface area contributed by atoms with Crippen molar-refractivity contribution in [1.82, 2.24) is 110 Å². The number of aromatic nitrogens is 18. The standard InChI is InChI=1S/C21H27N7.C17H22N10O2S2.C17H21N9O3S2.C17H19N7/c22-20-25-21(26-28(20)19-8-2-3-13-23-19)24-18-11-9-17(10-12-18)7-6-16-27-14-4-1-5-15-27;1-30-17-23-13(21-11-6-7-20-9-11)8-14(24-17)27-15(18)25-16(26-27)22-10-2-4-12(5-3-10)31(19,28)29;1-29-13-14(21-9-22-15(13)30-11-6-7-20-8-11)26-16(18)24-17(25-26)23-10-2-4-12(5-3-10)31(19,27)28;18-16-22-17(23-24(16)15-3-1-2-9-20-15)21-14-6-4-12(5-7-14)13-8-10-19-11-13/h2-3,8-13H,1,4-7,14-16H2,(H3,22,24,25,26);2-5,8,11,20H,6-7,9H2,1H3,(H2,19,28,29)(H,21,23,24)(H3,18,22,25,26);2-5,9,11,20H,6-8H2,1H3,(H2,19,27,28)(H3,18,23,24,25);1-7,9,13,19H,8,10-11H2,(H3,18,21,22,23)/t;;11-;/m..0./s1. The number of pyridine rings is 2. The van der Waals surface area contributed by atoms with Crippen molar-refractivity contribution in [3.05, 3.63) is 169 Å². The molecule has 0 bridgehead atoms. The minimum Gasteiger partial charge on any atom is -0.490 e. The molecule has 4 aromatic carbocycles. The molecule has 2 unspecified atom stereocenters. The number of likely N-dealkylation sites (tertiary alicyclic amines) is 1. The Kier molecular flexibility index (Phi) is 26.6. The number of aryl methyl sites for hydroxylation is 1. The van der Waals surface area contributed by atoms with Crippen molar-refractivity contribution >= 4 is 120 Å². The van der Waals surface area contributed by atoms with Crippen LogP contribution in [0.5, 0.6) is 5.75 Å². The number of primary sulfonamides is 2. The molecule has 12 heterocycles. The van der Waals surface area contributed by atoms with Crippen LogP contribution in [0.4, 0.5) is 76.2 Å². The van der Waals surface area contributed by atoms with Crippen molar-refractivity contribution in [1.29, 1.82) is 0 Å². The van der Waals surface area contributed by atoms with Gasteiger partial charge in [0.05, 0.1) is 16.9 Å². The van der Waals surface area contributed by atoms with Crippen molar-refractivity contribution in [2.24, 2.45) is 10.3 Å². The summed E-state index contributed by atoms with van der Waals surface area (Å²) in [5.74, 6) is 6.07. The third kappa shape index (κ3) is 21.7. The zero-order valence-corrected chi connectivity index (χ0v) is 65.7. The Morgan fingerprint density at radius 3 is 1.49 bits per heavy atom. The van der Waals surface area contributed by atoms with E-state index in [1.165, 1.54) is 124 Å². The molecule has 0 saturated carbocycles. The lowest BCUT2D eigenvalue weighted by molar-refractivity contribution is 0.226. The second-order valence-corrected chi connectivity index (χ2v) is 31.7. The number of hydrogen-bond donors (Lipinski definition) is 14. The minimum atomic E-state index is -3.77. The van der Waals surface area contributed by atoms with E-state index < -0.39 is 20.0 Å². The third-order valence-electron chi connectivity index (χ3n) is 18.4. The van der Waals surface area contributed by atoms with Crippen LogP contribution in [-0.2, 0) is 26.5 Å². The van der Waals surface area contributed by atoms with Gasteiger partial charge in [0, 0.05) is 72.1 Å². The predicted molar refractivity (Wildman–Crippen MR) is 441 cm³/mol. The molecular weight excluding hydrogens is 1540 g/mol. The average molecular weight is 1620 g/mol. The van der Waals surface area contributed by atoms with Crippen molar-refractivity contribution in [3.63, 3.8) is 0 Å². The van der Waals surface area contributed by atoms with Gasteiger partial charge in [0.15, 0.2) is 28.4 Å². The number of benzene rings is 4. The molecule has 4 fully saturated rings. The van der Waals surface area contributed by atoms with E-state index in [-0.39, 0.29) is 33.6 Å². The van der Waals surface area contributed by atoms with E-state index >= 15 is 0 Å². The van der Waals surface area contributed by atoms with E-state index in [0.717, 1.165) is 69.9 Å². The smallest absolute Gasteiger partial charge is 0.248 e. The number of hydrogen-bond acceptors (Lipinski definition) is 34. The van der Waals surface area contributed by atoms with E-state index in [0.29, 0.717) is 97.4 Å². The van der Waals surface area contributed by atoms with Crippen LogP contribution in [-0.4, -0.2) is 194 Å². The Morgan fingerprint density at radius 2 is 1.02 bits per heavy atom. The number of anilines is 13. The molecule has 38 nitrogen and oxygen atoms in total. The fraction of sp³-hybridized carbons (Fsp3) is 0.306. The first-order valence-electron chi connectivity index (χ1n) is 36.6. The lowest BCUT2D eigenvalue weighted by Crippen LogP contribution is -2.30. The third-order valence-corrected chi connectivity index (χ3v) is 22.0. The fourth-order valence-electron chi connectivity index (χ4n) is 12.6. The lowest BCUT2D eigenvalue weighted by Gasteiger charge is -2.26. The summed E-state index contributed by atoms with van der Waals surface area (Å²) in [6.45, 7) is 9.60. The number of piperidine rings is 1. The van der Waals surface area contributed by atoms with E-state index in [9.17, 15) is 16.8 Å². The second-order valence-electron chi connectivity index (χ2n) is 26.6. The number of thioether (sulfide) groups is 2. The molecule has 3 atom stereocenters. The highest BCUT2D eigenvalue weighted by molar-refractivity contribution is 8.00.